The van der Waals surface area contributed by atoms with Crippen LogP contribution in [0.1, 0.15) is 111 Å². The van der Waals surface area contributed by atoms with Crippen LogP contribution < -0.4 is 15.1 Å². The minimum Gasteiger partial charge on any atom is -0.385 e. The largest absolute Gasteiger partial charge is 0.385 e. The van der Waals surface area contributed by atoms with Gasteiger partial charge in [-0.3, -0.25) is 9.69 Å². The smallest absolute Gasteiger partial charge is 0.254 e. The average molecular weight is 692 g/mol. The van der Waals surface area contributed by atoms with Crippen LogP contribution in [0.15, 0.2) is 60.7 Å². The first kappa shape index (κ1) is 36.8. The Morgan fingerprint density at radius 2 is 1.59 bits per heavy atom. The van der Waals surface area contributed by atoms with Gasteiger partial charge in [-0.2, -0.15) is 0 Å². The van der Waals surface area contributed by atoms with E-state index in [4.69, 9.17) is 6.42 Å². The monoisotopic (exact) mass is 691 g/mol. The van der Waals surface area contributed by atoms with E-state index in [2.05, 4.69) is 82.2 Å². The quantitative estimate of drug-likeness (QED) is 0.135. The van der Waals surface area contributed by atoms with E-state index in [9.17, 15) is 9.18 Å². The van der Waals surface area contributed by atoms with Gasteiger partial charge in [-0.1, -0.05) is 37.8 Å². The molecule has 0 radical (unpaired) electrons. The molecule has 0 saturated carbocycles. The van der Waals surface area contributed by atoms with Crippen molar-refractivity contribution in [2.24, 2.45) is 0 Å². The number of nitrogens with one attached hydrogen (secondary N) is 1. The lowest BCUT2D eigenvalue weighted by molar-refractivity contribution is 0.0709. The molecule has 3 aromatic carbocycles. The van der Waals surface area contributed by atoms with Crippen molar-refractivity contribution in [1.29, 1.82) is 0 Å². The molecule has 0 aromatic heterocycles. The predicted octanol–water partition coefficient (Wildman–Crippen LogP) is 8.81. The third kappa shape index (κ3) is 8.90. The van der Waals surface area contributed by atoms with Gasteiger partial charge in [0.15, 0.2) is 0 Å². The maximum atomic E-state index is 14.8. The van der Waals surface area contributed by atoms with E-state index in [0.717, 1.165) is 95.8 Å². The Kier molecular flexibility index (Phi) is 11.9. The molecule has 6 rings (SSSR count). The highest BCUT2D eigenvalue weighted by molar-refractivity contribution is 5.99. The molecule has 51 heavy (non-hydrogen) atoms. The molecule has 6 nitrogen and oxygen atoms in total. The molecule has 1 amide bonds. The van der Waals surface area contributed by atoms with Crippen LogP contribution in [0.3, 0.4) is 0 Å². The standard InChI is InChI=1S/C44H58FN5O/c1-6-11-33(3)50-32-37-30-39(18-19-41(37)43(50)51)49-28-26-47(27-29-49)23-10-8-9-22-46-38-15-12-35(13-16-38)36-20-24-48(25-21-36)40-17-14-34(7-2)42(31-40)44(4,5)45/h2,12-19,30-31,33,36,46H,6,8-11,20-29,32H2,1,3-5H3. The van der Waals surface area contributed by atoms with Crippen molar-refractivity contribution in [3.63, 3.8) is 0 Å². The second kappa shape index (κ2) is 16.5. The van der Waals surface area contributed by atoms with E-state index in [0.29, 0.717) is 23.1 Å². The summed E-state index contributed by atoms with van der Waals surface area (Å²) in [6.07, 6.45) is 13.6. The van der Waals surface area contributed by atoms with Crippen LogP contribution in [-0.2, 0) is 12.2 Å². The number of carbonyl (C=O) groups excluding carboxylic acids is 1. The minimum absolute atomic E-state index is 0.198. The van der Waals surface area contributed by atoms with E-state index < -0.39 is 5.67 Å². The van der Waals surface area contributed by atoms with Crippen LogP contribution in [0.2, 0.25) is 0 Å². The molecular formula is C44H58FN5O. The number of terminal acetylenes is 1. The topological polar surface area (TPSA) is 42.1 Å². The number of hydrogen-bond donors (Lipinski definition) is 1. The third-order valence-electron chi connectivity index (χ3n) is 11.4. The fourth-order valence-electron chi connectivity index (χ4n) is 8.25. The first-order chi connectivity index (χ1) is 24.6. The lowest BCUT2D eigenvalue weighted by atomic mass is 9.88. The fraction of sp³-hybridized carbons (Fsp3) is 0.523. The summed E-state index contributed by atoms with van der Waals surface area (Å²) >= 11 is 0. The van der Waals surface area contributed by atoms with Gasteiger partial charge in [-0.15, -0.1) is 6.42 Å². The number of hydrogen-bond acceptors (Lipinski definition) is 5. The summed E-state index contributed by atoms with van der Waals surface area (Å²) < 4.78 is 14.8. The Morgan fingerprint density at radius 1 is 0.902 bits per heavy atom. The van der Waals surface area contributed by atoms with Gasteiger partial charge in [0.25, 0.3) is 5.91 Å². The summed E-state index contributed by atoms with van der Waals surface area (Å²) in [5, 5.41) is 3.63. The number of nitrogens with zero attached hydrogens (tertiary/aromatic N) is 4. The van der Waals surface area contributed by atoms with Crippen LogP contribution in [0.5, 0.6) is 0 Å². The molecule has 1 atom stereocenters. The van der Waals surface area contributed by atoms with Crippen LogP contribution in [0.25, 0.3) is 0 Å². The van der Waals surface area contributed by atoms with Gasteiger partial charge in [0.1, 0.15) is 5.67 Å². The number of rotatable bonds is 14. The van der Waals surface area contributed by atoms with Crippen LogP contribution in [-0.4, -0.2) is 74.1 Å². The first-order valence-electron chi connectivity index (χ1n) is 19.4. The van der Waals surface area contributed by atoms with Gasteiger partial charge in [0.2, 0.25) is 0 Å². The summed E-state index contributed by atoms with van der Waals surface area (Å²) in [6, 6.07) is 21.7. The van der Waals surface area contributed by atoms with Crippen molar-refractivity contribution >= 4 is 23.0 Å². The molecule has 2 fully saturated rings. The van der Waals surface area contributed by atoms with Crippen molar-refractivity contribution in [3.05, 3.63) is 88.5 Å². The minimum atomic E-state index is -1.46. The van der Waals surface area contributed by atoms with E-state index in [1.54, 1.807) is 13.8 Å². The van der Waals surface area contributed by atoms with Gasteiger partial charge in [0, 0.05) is 92.2 Å². The van der Waals surface area contributed by atoms with Crippen molar-refractivity contribution in [3.8, 4) is 12.3 Å². The average Bonchev–Trinajstić information content (AvgIpc) is 3.48. The molecule has 3 aliphatic heterocycles. The number of benzene rings is 3. The van der Waals surface area contributed by atoms with Crippen LogP contribution in [0, 0.1) is 12.3 Å². The maximum absolute atomic E-state index is 14.8. The molecule has 3 heterocycles. The number of amides is 1. The molecular weight excluding hydrogens is 634 g/mol. The maximum Gasteiger partial charge on any atom is 0.254 e. The summed E-state index contributed by atoms with van der Waals surface area (Å²) in [6.45, 7) is 16.6. The molecule has 0 spiro atoms. The Hall–Kier alpha value is -4.02. The molecule has 3 aliphatic rings. The third-order valence-corrected chi connectivity index (χ3v) is 11.4. The van der Waals surface area contributed by atoms with Crippen molar-refractivity contribution in [2.75, 3.05) is 67.5 Å². The number of carbonyl (C=O) groups is 1. The highest BCUT2D eigenvalue weighted by Crippen LogP contribution is 2.35. The van der Waals surface area contributed by atoms with Gasteiger partial charge in [-0.05, 0) is 125 Å². The number of alkyl halides is 1. The molecule has 1 unspecified atom stereocenters. The molecule has 3 aromatic rings. The fourth-order valence-corrected chi connectivity index (χ4v) is 8.25. The van der Waals surface area contributed by atoms with Crippen molar-refractivity contribution in [2.45, 2.75) is 96.8 Å². The summed E-state index contributed by atoms with van der Waals surface area (Å²) in [7, 11) is 0. The number of piperazine rings is 1. The molecule has 2 saturated heterocycles. The molecule has 0 aliphatic carbocycles. The SMILES string of the molecule is C#Cc1ccc(N2CCC(c3ccc(NCCCCCN4CCN(c5ccc6c(c5)CN(C(C)CCC)C6=O)CC4)cc3)CC2)cc1C(C)(C)F. The van der Waals surface area contributed by atoms with E-state index >= 15 is 0 Å². The molecule has 272 valence electrons. The summed E-state index contributed by atoms with van der Waals surface area (Å²) in [4.78, 5) is 22.4. The van der Waals surface area contributed by atoms with E-state index in [1.165, 1.54) is 41.8 Å². The molecule has 7 heteroatoms. The lowest BCUT2D eigenvalue weighted by Gasteiger charge is -2.36. The zero-order valence-corrected chi connectivity index (χ0v) is 31.4. The zero-order valence-electron chi connectivity index (χ0n) is 31.4. The number of anilines is 3. The Morgan fingerprint density at radius 3 is 2.27 bits per heavy atom. The second-order valence-corrected chi connectivity index (χ2v) is 15.5. The Bertz CT molecular complexity index is 1660. The van der Waals surface area contributed by atoms with Crippen molar-refractivity contribution < 1.29 is 9.18 Å². The van der Waals surface area contributed by atoms with Crippen LogP contribution in [0.4, 0.5) is 21.5 Å². The second-order valence-electron chi connectivity index (χ2n) is 15.5. The zero-order chi connectivity index (χ0) is 36.0. The van der Waals surface area contributed by atoms with Gasteiger partial charge >= 0.3 is 0 Å². The first-order valence-corrected chi connectivity index (χ1v) is 19.4. The number of fused-ring (bicyclic) bond motifs is 1. The normalized spacial score (nSPS) is 17.8. The Balaban J connectivity index is 0.860. The highest BCUT2D eigenvalue weighted by Gasteiger charge is 2.31. The van der Waals surface area contributed by atoms with Gasteiger partial charge < -0.3 is 20.0 Å². The van der Waals surface area contributed by atoms with Gasteiger partial charge in [0.05, 0.1) is 0 Å². The number of unbranched alkanes of at least 4 members (excludes halogenated alkanes) is 2. The number of halogens is 1. The van der Waals surface area contributed by atoms with Gasteiger partial charge in [-0.25, -0.2) is 4.39 Å². The number of piperidine rings is 1. The van der Waals surface area contributed by atoms with E-state index in [1.807, 2.05) is 23.1 Å². The highest BCUT2D eigenvalue weighted by atomic mass is 19.1. The summed E-state index contributed by atoms with van der Waals surface area (Å²) in [5.74, 6) is 3.38. The lowest BCUT2D eigenvalue weighted by Crippen LogP contribution is -2.46. The predicted molar refractivity (Wildman–Crippen MR) is 211 cm³/mol. The van der Waals surface area contributed by atoms with E-state index in [-0.39, 0.29) is 5.91 Å². The van der Waals surface area contributed by atoms with Crippen molar-refractivity contribution in [1.82, 2.24) is 9.80 Å². The summed E-state index contributed by atoms with van der Waals surface area (Å²) in [5.41, 5.74) is 6.77. The Labute approximate surface area is 306 Å². The molecule has 1 N–H and O–H groups in total. The van der Waals surface area contributed by atoms with Crippen LogP contribution >= 0.6 is 0 Å². The molecule has 0 bridgehead atoms.